The maximum Gasteiger partial charge on any atom is 0.228 e. The van der Waals surface area contributed by atoms with Gasteiger partial charge in [0.25, 0.3) is 0 Å². The minimum atomic E-state index is -1.11. The van der Waals surface area contributed by atoms with Gasteiger partial charge in [0.1, 0.15) is 0 Å². The van der Waals surface area contributed by atoms with Crippen molar-refractivity contribution in [1.82, 2.24) is 0 Å². The minimum Gasteiger partial charge on any atom is -0.550 e. The number of carboxylic acids is 1. The zero-order valence-electron chi connectivity index (χ0n) is 12.9. The van der Waals surface area contributed by atoms with Gasteiger partial charge in [0.05, 0.1) is 0 Å². The zero-order chi connectivity index (χ0) is 16.6. The lowest BCUT2D eigenvalue weighted by Gasteiger charge is -2.30. The number of fused-ring (bicyclic) bond motifs is 2. The molecule has 2 aliphatic carbocycles. The van der Waals surface area contributed by atoms with E-state index in [0.29, 0.717) is 11.4 Å². The van der Waals surface area contributed by atoms with E-state index in [9.17, 15) is 19.5 Å². The molecule has 122 valence electrons. The molecule has 2 saturated carbocycles. The molecule has 2 bridgehead atoms. The van der Waals surface area contributed by atoms with E-state index in [2.05, 4.69) is 10.6 Å². The fraction of sp³-hybridized carbons (Fsp3) is 0.471. The third-order valence-corrected chi connectivity index (χ3v) is 4.96. The van der Waals surface area contributed by atoms with Crippen molar-refractivity contribution in [3.63, 3.8) is 0 Å². The van der Waals surface area contributed by atoms with Gasteiger partial charge in [0, 0.05) is 36.1 Å². The minimum absolute atomic E-state index is 0.0721. The fourth-order valence-electron chi connectivity index (χ4n) is 4.07. The monoisotopic (exact) mass is 315 g/mol. The maximum atomic E-state index is 12.5. The molecule has 1 aromatic carbocycles. The molecule has 2 amide bonds. The van der Waals surface area contributed by atoms with Gasteiger partial charge in [-0.1, -0.05) is 0 Å². The molecule has 2 fully saturated rings. The van der Waals surface area contributed by atoms with Gasteiger partial charge in [-0.2, -0.15) is 0 Å². The Kier molecular flexibility index (Phi) is 4.07. The van der Waals surface area contributed by atoms with Gasteiger partial charge in [-0.15, -0.1) is 0 Å². The molecule has 23 heavy (non-hydrogen) atoms. The van der Waals surface area contributed by atoms with Gasteiger partial charge in [-0.05, 0) is 55.4 Å². The summed E-state index contributed by atoms with van der Waals surface area (Å²) in [5, 5.41) is 16.8. The van der Waals surface area contributed by atoms with Crippen LogP contribution in [0.3, 0.4) is 0 Å². The van der Waals surface area contributed by atoms with Crippen molar-refractivity contribution in [2.24, 2.45) is 23.7 Å². The number of aliphatic carboxylic acids is 1. The summed E-state index contributed by atoms with van der Waals surface area (Å²) >= 11 is 0. The first-order valence-corrected chi connectivity index (χ1v) is 7.85. The van der Waals surface area contributed by atoms with E-state index in [1.54, 1.807) is 24.3 Å². The molecule has 2 N–H and O–H groups in total. The van der Waals surface area contributed by atoms with Gasteiger partial charge in [0.2, 0.25) is 11.8 Å². The van der Waals surface area contributed by atoms with Crippen molar-refractivity contribution in [2.45, 2.75) is 26.2 Å². The number of carbonyl (C=O) groups excluding carboxylic acids is 3. The Balaban J connectivity index is 1.69. The number of carbonyl (C=O) groups is 3. The van der Waals surface area contributed by atoms with E-state index in [-0.39, 0.29) is 23.7 Å². The average molecular weight is 315 g/mol. The highest BCUT2D eigenvalue weighted by Gasteiger charge is 2.51. The predicted octanol–water partition coefficient (Wildman–Crippen LogP) is 0.996. The molecule has 0 aromatic heterocycles. The van der Waals surface area contributed by atoms with Crippen LogP contribution in [0.5, 0.6) is 0 Å². The van der Waals surface area contributed by atoms with Crippen LogP contribution in [-0.4, -0.2) is 17.8 Å². The van der Waals surface area contributed by atoms with E-state index in [4.69, 9.17) is 0 Å². The molecular formula is C17H19N2O4-. The second-order valence-corrected chi connectivity index (χ2v) is 6.45. The first-order valence-electron chi connectivity index (χ1n) is 7.85. The molecule has 6 nitrogen and oxygen atoms in total. The van der Waals surface area contributed by atoms with Crippen molar-refractivity contribution >= 4 is 29.2 Å². The summed E-state index contributed by atoms with van der Waals surface area (Å²) in [6.45, 7) is 1.42. The second kappa shape index (κ2) is 6.02. The Bertz CT molecular complexity index is 640. The molecular weight excluding hydrogens is 296 g/mol. The number of hydrogen-bond donors (Lipinski definition) is 2. The SMILES string of the molecule is CC(=O)Nc1ccc(NC(=O)[C@@H]2[C@@H]3CC[C@H](C3)[C@H]2C(=O)[O-])cc1. The Labute approximate surface area is 134 Å². The molecule has 0 radical (unpaired) electrons. The van der Waals surface area contributed by atoms with Gasteiger partial charge in [0.15, 0.2) is 0 Å². The number of rotatable bonds is 4. The lowest BCUT2D eigenvalue weighted by Crippen LogP contribution is -2.43. The Morgan fingerprint density at radius 2 is 1.48 bits per heavy atom. The highest BCUT2D eigenvalue weighted by Crippen LogP contribution is 2.52. The van der Waals surface area contributed by atoms with Gasteiger partial charge >= 0.3 is 0 Å². The number of benzene rings is 1. The van der Waals surface area contributed by atoms with Crippen LogP contribution in [0.1, 0.15) is 26.2 Å². The number of amides is 2. The fourth-order valence-corrected chi connectivity index (χ4v) is 4.07. The van der Waals surface area contributed by atoms with Crippen LogP contribution in [0.4, 0.5) is 11.4 Å². The van der Waals surface area contributed by atoms with Crippen LogP contribution >= 0.6 is 0 Å². The summed E-state index contributed by atoms with van der Waals surface area (Å²) in [7, 11) is 0. The molecule has 4 atom stereocenters. The Hall–Kier alpha value is -2.37. The van der Waals surface area contributed by atoms with Gasteiger partial charge < -0.3 is 20.5 Å². The van der Waals surface area contributed by atoms with Crippen molar-refractivity contribution < 1.29 is 19.5 Å². The van der Waals surface area contributed by atoms with Crippen LogP contribution in [0.25, 0.3) is 0 Å². The first kappa shape index (κ1) is 15.5. The van der Waals surface area contributed by atoms with E-state index in [1.807, 2.05) is 0 Å². The second-order valence-electron chi connectivity index (χ2n) is 6.45. The van der Waals surface area contributed by atoms with E-state index >= 15 is 0 Å². The lowest BCUT2D eigenvalue weighted by molar-refractivity contribution is -0.314. The molecule has 0 saturated heterocycles. The summed E-state index contributed by atoms with van der Waals surface area (Å²) in [5.41, 5.74) is 1.23. The summed E-state index contributed by atoms with van der Waals surface area (Å²) < 4.78 is 0. The summed E-state index contributed by atoms with van der Waals surface area (Å²) in [6, 6.07) is 6.75. The molecule has 3 rings (SSSR count). The predicted molar refractivity (Wildman–Crippen MR) is 82.2 cm³/mol. The van der Waals surface area contributed by atoms with Crippen LogP contribution < -0.4 is 15.7 Å². The highest BCUT2D eigenvalue weighted by atomic mass is 16.4. The Morgan fingerprint density at radius 3 is 2.00 bits per heavy atom. The molecule has 6 heteroatoms. The van der Waals surface area contributed by atoms with Crippen LogP contribution in [0.15, 0.2) is 24.3 Å². The molecule has 1 aromatic rings. The Morgan fingerprint density at radius 1 is 0.957 bits per heavy atom. The molecule has 0 heterocycles. The lowest BCUT2D eigenvalue weighted by atomic mass is 9.78. The van der Waals surface area contributed by atoms with E-state index in [1.165, 1.54) is 6.92 Å². The number of nitrogens with one attached hydrogen (secondary N) is 2. The van der Waals surface area contributed by atoms with Crippen molar-refractivity contribution in [2.75, 3.05) is 10.6 Å². The van der Waals surface area contributed by atoms with E-state index in [0.717, 1.165) is 19.3 Å². The normalized spacial score (nSPS) is 28.4. The zero-order valence-corrected chi connectivity index (χ0v) is 12.9. The van der Waals surface area contributed by atoms with Crippen LogP contribution in [-0.2, 0) is 14.4 Å². The summed E-state index contributed by atoms with van der Waals surface area (Å²) in [4.78, 5) is 34.9. The topological polar surface area (TPSA) is 98.3 Å². The van der Waals surface area contributed by atoms with Gasteiger partial charge in [-0.3, -0.25) is 9.59 Å². The number of hydrogen-bond acceptors (Lipinski definition) is 4. The first-order chi connectivity index (χ1) is 11.0. The summed E-state index contributed by atoms with van der Waals surface area (Å²) in [6.07, 6.45) is 2.59. The van der Waals surface area contributed by atoms with E-state index < -0.39 is 17.8 Å². The van der Waals surface area contributed by atoms with Crippen molar-refractivity contribution in [3.05, 3.63) is 24.3 Å². The smallest absolute Gasteiger partial charge is 0.228 e. The van der Waals surface area contributed by atoms with Gasteiger partial charge in [-0.25, -0.2) is 0 Å². The highest BCUT2D eigenvalue weighted by molar-refractivity contribution is 5.96. The largest absolute Gasteiger partial charge is 0.550 e. The number of carboxylic acid groups (broad SMARTS) is 1. The molecule has 2 aliphatic rings. The average Bonchev–Trinajstić information content (AvgIpc) is 3.09. The molecule has 0 aliphatic heterocycles. The number of anilines is 2. The summed E-state index contributed by atoms with van der Waals surface area (Å²) in [5.74, 6) is -2.50. The van der Waals surface area contributed by atoms with Crippen LogP contribution in [0.2, 0.25) is 0 Å². The molecule has 0 spiro atoms. The third-order valence-electron chi connectivity index (χ3n) is 4.96. The van der Waals surface area contributed by atoms with Crippen molar-refractivity contribution in [3.8, 4) is 0 Å². The quantitative estimate of drug-likeness (QED) is 0.866. The van der Waals surface area contributed by atoms with Crippen LogP contribution in [0, 0.1) is 23.7 Å². The maximum absolute atomic E-state index is 12.5. The third kappa shape index (κ3) is 3.06. The van der Waals surface area contributed by atoms with Crippen molar-refractivity contribution in [1.29, 1.82) is 0 Å². The standard InChI is InChI=1S/C17H20N2O4/c1-9(20)18-12-4-6-13(7-5-12)19-16(21)14-10-2-3-11(8-10)15(14)17(22)23/h4-7,10-11,14-15H,2-3,8H2,1H3,(H,18,20)(H,19,21)(H,22,23)/p-1/t10-,11-,14-,15-/m1/s1. The molecule has 0 unspecified atom stereocenters.